The molecule has 0 heterocycles. The summed E-state index contributed by atoms with van der Waals surface area (Å²) in [6.07, 6.45) is 2.63. The van der Waals surface area contributed by atoms with Crippen molar-refractivity contribution in [2.75, 3.05) is 5.32 Å². The first kappa shape index (κ1) is 12.4. The van der Waals surface area contributed by atoms with E-state index in [4.69, 9.17) is 18.0 Å². The molecular weight excluding hydrogens is 228 g/mol. The van der Waals surface area contributed by atoms with Gasteiger partial charge in [0.2, 0.25) is 0 Å². The highest BCUT2D eigenvalue weighted by atomic mass is 32.1. The SMILES string of the molecule is Cc1cccc(C(N)=S)c1NC(C)(C)C1CC1. The maximum absolute atomic E-state index is 5.79. The van der Waals surface area contributed by atoms with Gasteiger partial charge >= 0.3 is 0 Å². The van der Waals surface area contributed by atoms with Gasteiger partial charge in [-0.1, -0.05) is 24.4 Å². The molecule has 0 bridgehead atoms. The van der Waals surface area contributed by atoms with Gasteiger partial charge in [-0.25, -0.2) is 0 Å². The van der Waals surface area contributed by atoms with E-state index in [9.17, 15) is 0 Å². The Morgan fingerprint density at radius 3 is 2.59 bits per heavy atom. The number of hydrogen-bond donors (Lipinski definition) is 2. The molecule has 3 heteroatoms. The summed E-state index contributed by atoms with van der Waals surface area (Å²) in [6, 6.07) is 6.08. The number of benzene rings is 1. The summed E-state index contributed by atoms with van der Waals surface area (Å²) in [5.41, 5.74) is 9.15. The van der Waals surface area contributed by atoms with E-state index in [1.807, 2.05) is 12.1 Å². The Morgan fingerprint density at radius 2 is 2.06 bits per heavy atom. The van der Waals surface area contributed by atoms with E-state index in [-0.39, 0.29) is 5.54 Å². The number of aryl methyl sites for hydroxylation is 1. The molecule has 0 aliphatic heterocycles. The minimum absolute atomic E-state index is 0.117. The van der Waals surface area contributed by atoms with Crippen molar-refractivity contribution in [1.29, 1.82) is 0 Å². The number of thiocarbonyl (C=S) groups is 1. The van der Waals surface area contributed by atoms with Gasteiger partial charge in [0.1, 0.15) is 4.99 Å². The Bertz CT molecular complexity index is 448. The third kappa shape index (κ3) is 2.60. The minimum atomic E-state index is 0.117. The number of rotatable bonds is 4. The molecule has 0 atom stereocenters. The quantitative estimate of drug-likeness (QED) is 0.803. The van der Waals surface area contributed by atoms with E-state index >= 15 is 0 Å². The smallest absolute Gasteiger partial charge is 0.106 e. The van der Waals surface area contributed by atoms with Crippen LogP contribution in [0.5, 0.6) is 0 Å². The summed E-state index contributed by atoms with van der Waals surface area (Å²) in [5, 5.41) is 3.63. The first-order chi connectivity index (χ1) is 7.92. The molecule has 0 spiro atoms. The summed E-state index contributed by atoms with van der Waals surface area (Å²) in [7, 11) is 0. The van der Waals surface area contributed by atoms with Gasteiger partial charge in [0, 0.05) is 16.8 Å². The van der Waals surface area contributed by atoms with Crippen molar-refractivity contribution < 1.29 is 0 Å². The van der Waals surface area contributed by atoms with Crippen molar-refractivity contribution in [3.8, 4) is 0 Å². The van der Waals surface area contributed by atoms with Crippen LogP contribution in [0, 0.1) is 12.8 Å². The van der Waals surface area contributed by atoms with E-state index in [0.29, 0.717) is 4.99 Å². The van der Waals surface area contributed by atoms with Crippen LogP contribution in [0.25, 0.3) is 0 Å². The zero-order valence-electron chi connectivity index (χ0n) is 10.7. The third-order valence-electron chi connectivity index (χ3n) is 3.58. The lowest BCUT2D eigenvalue weighted by atomic mass is 9.96. The average Bonchev–Trinajstić information content (AvgIpc) is 3.03. The summed E-state index contributed by atoms with van der Waals surface area (Å²) < 4.78 is 0. The van der Waals surface area contributed by atoms with Gasteiger partial charge in [-0.15, -0.1) is 0 Å². The maximum Gasteiger partial charge on any atom is 0.106 e. The van der Waals surface area contributed by atoms with Crippen LogP contribution in [0.1, 0.15) is 37.8 Å². The van der Waals surface area contributed by atoms with Gasteiger partial charge in [-0.2, -0.15) is 0 Å². The Kier molecular flexibility index (Phi) is 3.13. The topological polar surface area (TPSA) is 38.0 Å². The van der Waals surface area contributed by atoms with E-state index in [1.54, 1.807) is 0 Å². The normalized spacial score (nSPS) is 15.7. The molecule has 0 unspecified atom stereocenters. The second kappa shape index (κ2) is 4.30. The predicted octanol–water partition coefficient (Wildman–Crippen LogP) is 3.23. The average molecular weight is 248 g/mol. The molecule has 2 rings (SSSR count). The summed E-state index contributed by atoms with van der Waals surface area (Å²) in [6.45, 7) is 6.59. The second-order valence-corrected chi connectivity index (χ2v) is 5.92. The van der Waals surface area contributed by atoms with Crippen molar-refractivity contribution in [3.63, 3.8) is 0 Å². The Hall–Kier alpha value is -1.09. The molecule has 17 heavy (non-hydrogen) atoms. The van der Waals surface area contributed by atoms with Crippen LogP contribution in [0.2, 0.25) is 0 Å². The second-order valence-electron chi connectivity index (χ2n) is 5.48. The fourth-order valence-electron chi connectivity index (χ4n) is 2.27. The van der Waals surface area contributed by atoms with Crippen LogP contribution >= 0.6 is 12.2 Å². The molecule has 0 saturated heterocycles. The molecule has 1 aromatic rings. The number of hydrogen-bond acceptors (Lipinski definition) is 2. The van der Waals surface area contributed by atoms with E-state index in [1.165, 1.54) is 18.4 Å². The van der Waals surface area contributed by atoms with Gasteiger partial charge < -0.3 is 11.1 Å². The monoisotopic (exact) mass is 248 g/mol. The molecule has 3 N–H and O–H groups in total. The number of nitrogens with one attached hydrogen (secondary N) is 1. The van der Waals surface area contributed by atoms with Crippen LogP contribution in [-0.2, 0) is 0 Å². The van der Waals surface area contributed by atoms with Crippen molar-refractivity contribution >= 4 is 22.9 Å². The van der Waals surface area contributed by atoms with Crippen molar-refractivity contribution in [2.45, 2.75) is 39.2 Å². The van der Waals surface area contributed by atoms with Crippen molar-refractivity contribution in [2.24, 2.45) is 11.7 Å². The molecule has 0 radical (unpaired) electrons. The van der Waals surface area contributed by atoms with Crippen molar-refractivity contribution in [1.82, 2.24) is 0 Å². The molecule has 1 fully saturated rings. The van der Waals surface area contributed by atoms with Gasteiger partial charge in [0.05, 0.1) is 0 Å². The number of anilines is 1. The van der Waals surface area contributed by atoms with Gasteiger partial charge in [0.15, 0.2) is 0 Å². The molecule has 92 valence electrons. The molecule has 0 aromatic heterocycles. The highest BCUT2D eigenvalue weighted by Gasteiger charge is 2.38. The molecule has 2 nitrogen and oxygen atoms in total. The van der Waals surface area contributed by atoms with E-state index in [0.717, 1.165) is 17.2 Å². The first-order valence-corrected chi connectivity index (χ1v) is 6.50. The standard InChI is InChI=1S/C14H20N2S/c1-9-5-4-6-11(13(15)17)12(9)16-14(2,3)10-7-8-10/h4-6,10,16H,7-8H2,1-3H3,(H2,15,17). The van der Waals surface area contributed by atoms with Crippen LogP contribution in [0.3, 0.4) is 0 Å². The van der Waals surface area contributed by atoms with E-state index < -0.39 is 0 Å². The summed E-state index contributed by atoms with van der Waals surface area (Å²) in [5.74, 6) is 0.765. The highest BCUT2D eigenvalue weighted by Crippen LogP contribution is 2.41. The van der Waals surface area contributed by atoms with Gasteiger partial charge in [0.25, 0.3) is 0 Å². The molecular formula is C14H20N2S. The van der Waals surface area contributed by atoms with Crippen molar-refractivity contribution in [3.05, 3.63) is 29.3 Å². The Balaban J connectivity index is 2.33. The van der Waals surface area contributed by atoms with Gasteiger partial charge in [-0.05, 0) is 51.2 Å². The molecule has 1 aliphatic rings. The Morgan fingerprint density at radius 1 is 1.41 bits per heavy atom. The zero-order valence-corrected chi connectivity index (χ0v) is 11.5. The fraction of sp³-hybridized carbons (Fsp3) is 0.500. The lowest BCUT2D eigenvalue weighted by molar-refractivity contribution is 0.494. The fourth-order valence-corrected chi connectivity index (χ4v) is 2.44. The largest absolute Gasteiger partial charge is 0.389 e. The molecule has 0 amide bonds. The lowest BCUT2D eigenvalue weighted by Crippen LogP contribution is -2.34. The number of nitrogens with two attached hydrogens (primary N) is 1. The van der Waals surface area contributed by atoms with Crippen LogP contribution in [0.15, 0.2) is 18.2 Å². The van der Waals surface area contributed by atoms with Crippen LogP contribution < -0.4 is 11.1 Å². The Labute approximate surface area is 109 Å². The summed E-state index contributed by atoms with van der Waals surface area (Å²) >= 11 is 5.12. The number of para-hydroxylation sites is 1. The maximum atomic E-state index is 5.79. The minimum Gasteiger partial charge on any atom is -0.389 e. The van der Waals surface area contributed by atoms with Gasteiger partial charge in [-0.3, -0.25) is 0 Å². The predicted molar refractivity (Wildman–Crippen MR) is 77.5 cm³/mol. The zero-order chi connectivity index (χ0) is 12.6. The van der Waals surface area contributed by atoms with Crippen LogP contribution in [0.4, 0.5) is 5.69 Å². The first-order valence-electron chi connectivity index (χ1n) is 6.09. The van der Waals surface area contributed by atoms with Crippen LogP contribution in [-0.4, -0.2) is 10.5 Å². The molecule has 1 aromatic carbocycles. The summed E-state index contributed by atoms with van der Waals surface area (Å²) in [4.78, 5) is 0.461. The van der Waals surface area contributed by atoms with E-state index in [2.05, 4.69) is 32.2 Å². The lowest BCUT2D eigenvalue weighted by Gasteiger charge is -2.30. The molecule has 1 saturated carbocycles. The third-order valence-corrected chi connectivity index (χ3v) is 3.80. The highest BCUT2D eigenvalue weighted by molar-refractivity contribution is 7.80. The molecule has 1 aliphatic carbocycles.